The zero-order valence-electron chi connectivity index (χ0n) is 8.19. The Morgan fingerprint density at radius 1 is 1.71 bits per heavy atom. The summed E-state index contributed by atoms with van der Waals surface area (Å²) >= 11 is 1.55. The van der Waals surface area contributed by atoms with E-state index in [9.17, 15) is 9.90 Å². The monoisotopic (exact) mass is 213 g/mol. The van der Waals surface area contributed by atoms with E-state index in [0.29, 0.717) is 12.8 Å². The van der Waals surface area contributed by atoms with E-state index in [0.717, 1.165) is 11.3 Å². The Morgan fingerprint density at radius 3 is 3.07 bits per heavy atom. The first-order valence-electron chi connectivity index (χ1n) is 4.66. The van der Waals surface area contributed by atoms with Gasteiger partial charge in [-0.15, -0.1) is 11.3 Å². The molecule has 0 bridgehead atoms. The third kappa shape index (κ3) is 3.47. The van der Waals surface area contributed by atoms with Gasteiger partial charge < -0.3 is 10.4 Å². The Labute approximate surface area is 87.8 Å². The number of nitrogens with one attached hydrogen (secondary N) is 1. The smallest absolute Gasteiger partial charge is 0.219 e. The maximum atomic E-state index is 10.9. The molecule has 0 aliphatic heterocycles. The molecule has 0 saturated carbocycles. The van der Waals surface area contributed by atoms with E-state index < -0.39 is 6.10 Å². The molecule has 3 nitrogen and oxygen atoms in total. The summed E-state index contributed by atoms with van der Waals surface area (Å²) in [6.07, 6.45) is 1.44. The van der Waals surface area contributed by atoms with Crippen LogP contribution < -0.4 is 5.32 Å². The molecule has 1 rings (SSSR count). The lowest BCUT2D eigenvalue weighted by molar-refractivity contribution is -0.120. The zero-order valence-corrected chi connectivity index (χ0v) is 9.01. The SMILES string of the molecule is CNC(=O)CCCC(O)c1cccs1. The van der Waals surface area contributed by atoms with Crippen molar-refractivity contribution in [3.8, 4) is 0 Å². The predicted octanol–water partition coefficient (Wildman–Crippen LogP) is 1.70. The molecule has 4 heteroatoms. The number of hydrogen-bond donors (Lipinski definition) is 2. The molecule has 0 fully saturated rings. The highest BCUT2D eigenvalue weighted by atomic mass is 32.1. The van der Waals surface area contributed by atoms with Gasteiger partial charge in [0.2, 0.25) is 5.91 Å². The summed E-state index contributed by atoms with van der Waals surface area (Å²) in [5.41, 5.74) is 0. The molecule has 0 aliphatic carbocycles. The summed E-state index contributed by atoms with van der Waals surface area (Å²) < 4.78 is 0. The molecule has 1 aromatic rings. The van der Waals surface area contributed by atoms with E-state index in [1.165, 1.54) is 0 Å². The lowest BCUT2D eigenvalue weighted by Crippen LogP contribution is -2.17. The normalized spacial score (nSPS) is 12.4. The molecule has 1 amide bonds. The molecule has 1 aromatic heterocycles. The fourth-order valence-electron chi connectivity index (χ4n) is 1.20. The maximum absolute atomic E-state index is 10.9. The van der Waals surface area contributed by atoms with Crippen LogP contribution in [0.15, 0.2) is 17.5 Å². The molecule has 0 spiro atoms. The van der Waals surface area contributed by atoms with Crippen LogP contribution in [0, 0.1) is 0 Å². The molecular formula is C10H15NO2S. The first-order chi connectivity index (χ1) is 6.74. The molecule has 2 N–H and O–H groups in total. The fourth-order valence-corrected chi connectivity index (χ4v) is 1.95. The third-order valence-corrected chi connectivity index (χ3v) is 3.01. The van der Waals surface area contributed by atoms with Crippen molar-refractivity contribution in [2.45, 2.75) is 25.4 Å². The lowest BCUT2D eigenvalue weighted by Gasteiger charge is -2.07. The number of hydrogen-bond acceptors (Lipinski definition) is 3. The molecule has 0 saturated heterocycles. The Bertz CT molecular complexity index is 272. The topological polar surface area (TPSA) is 49.3 Å². The molecule has 0 aliphatic rings. The van der Waals surface area contributed by atoms with E-state index in [1.807, 2.05) is 17.5 Å². The van der Waals surface area contributed by atoms with Crippen molar-refractivity contribution in [1.29, 1.82) is 0 Å². The van der Waals surface area contributed by atoms with Gasteiger partial charge in [-0.1, -0.05) is 6.07 Å². The quantitative estimate of drug-likeness (QED) is 0.782. The number of amides is 1. The van der Waals surface area contributed by atoms with Crippen LogP contribution in [-0.4, -0.2) is 18.1 Å². The van der Waals surface area contributed by atoms with Gasteiger partial charge in [0.15, 0.2) is 0 Å². The summed E-state index contributed by atoms with van der Waals surface area (Å²) in [7, 11) is 1.62. The number of rotatable bonds is 5. The maximum Gasteiger partial charge on any atom is 0.219 e. The summed E-state index contributed by atoms with van der Waals surface area (Å²) in [5, 5.41) is 14.2. The zero-order chi connectivity index (χ0) is 10.4. The number of aliphatic hydroxyl groups is 1. The summed E-state index contributed by atoms with van der Waals surface area (Å²) in [6.45, 7) is 0. The van der Waals surface area contributed by atoms with Gasteiger partial charge >= 0.3 is 0 Å². The summed E-state index contributed by atoms with van der Waals surface area (Å²) in [6, 6.07) is 3.83. The highest BCUT2D eigenvalue weighted by Crippen LogP contribution is 2.23. The van der Waals surface area contributed by atoms with Gasteiger partial charge in [-0.25, -0.2) is 0 Å². The largest absolute Gasteiger partial charge is 0.388 e. The standard InChI is InChI=1S/C10H15NO2S/c1-11-10(13)6-2-4-8(12)9-5-3-7-14-9/h3,5,7-8,12H,2,4,6H2,1H3,(H,11,13). The second-order valence-electron chi connectivity index (χ2n) is 3.10. The molecule has 78 valence electrons. The van der Waals surface area contributed by atoms with E-state index in [1.54, 1.807) is 18.4 Å². The Kier molecular flexibility index (Phi) is 4.62. The van der Waals surface area contributed by atoms with Crippen molar-refractivity contribution in [3.63, 3.8) is 0 Å². The van der Waals surface area contributed by atoms with Gasteiger partial charge in [-0.3, -0.25) is 4.79 Å². The van der Waals surface area contributed by atoms with Crippen molar-refractivity contribution in [2.24, 2.45) is 0 Å². The van der Waals surface area contributed by atoms with Crippen molar-refractivity contribution >= 4 is 17.2 Å². The Hall–Kier alpha value is -0.870. The minimum atomic E-state index is -0.417. The van der Waals surface area contributed by atoms with E-state index in [2.05, 4.69) is 5.32 Å². The fraction of sp³-hybridized carbons (Fsp3) is 0.500. The second-order valence-corrected chi connectivity index (χ2v) is 4.08. The minimum Gasteiger partial charge on any atom is -0.388 e. The first kappa shape index (κ1) is 11.2. The van der Waals surface area contributed by atoms with Crippen molar-refractivity contribution in [1.82, 2.24) is 5.32 Å². The number of carbonyl (C=O) groups is 1. The third-order valence-electron chi connectivity index (χ3n) is 2.03. The molecule has 14 heavy (non-hydrogen) atoms. The molecule has 1 unspecified atom stereocenters. The van der Waals surface area contributed by atoms with Crippen molar-refractivity contribution in [3.05, 3.63) is 22.4 Å². The van der Waals surface area contributed by atoms with Gasteiger partial charge in [-0.2, -0.15) is 0 Å². The van der Waals surface area contributed by atoms with Crippen LogP contribution in [0.2, 0.25) is 0 Å². The van der Waals surface area contributed by atoms with Crippen molar-refractivity contribution in [2.75, 3.05) is 7.05 Å². The lowest BCUT2D eigenvalue weighted by atomic mass is 10.1. The molecule has 1 heterocycles. The number of aliphatic hydroxyl groups excluding tert-OH is 1. The van der Waals surface area contributed by atoms with Crippen molar-refractivity contribution < 1.29 is 9.90 Å². The minimum absolute atomic E-state index is 0.0309. The second kappa shape index (κ2) is 5.78. The number of carbonyl (C=O) groups excluding carboxylic acids is 1. The van der Waals surface area contributed by atoms with E-state index in [4.69, 9.17) is 0 Å². The van der Waals surface area contributed by atoms with Gasteiger partial charge in [0.25, 0.3) is 0 Å². The van der Waals surface area contributed by atoms with Crippen LogP contribution in [0.25, 0.3) is 0 Å². The molecule has 1 atom stereocenters. The van der Waals surface area contributed by atoms with Crippen LogP contribution in [0.3, 0.4) is 0 Å². The Morgan fingerprint density at radius 2 is 2.50 bits per heavy atom. The Balaban J connectivity index is 2.22. The summed E-state index contributed by atoms with van der Waals surface area (Å²) in [5.74, 6) is 0.0309. The van der Waals surface area contributed by atoms with Crippen LogP contribution in [0.5, 0.6) is 0 Å². The predicted molar refractivity (Wildman–Crippen MR) is 57.2 cm³/mol. The van der Waals surface area contributed by atoms with Crippen LogP contribution in [-0.2, 0) is 4.79 Å². The van der Waals surface area contributed by atoms with Gasteiger partial charge in [0.05, 0.1) is 6.10 Å². The molecular weight excluding hydrogens is 198 g/mol. The van der Waals surface area contributed by atoms with Crippen LogP contribution >= 0.6 is 11.3 Å². The van der Waals surface area contributed by atoms with Crippen LogP contribution in [0.1, 0.15) is 30.2 Å². The average molecular weight is 213 g/mol. The first-order valence-corrected chi connectivity index (χ1v) is 5.54. The molecule has 0 radical (unpaired) electrons. The van der Waals surface area contributed by atoms with E-state index >= 15 is 0 Å². The van der Waals surface area contributed by atoms with Gasteiger partial charge in [0.1, 0.15) is 0 Å². The molecule has 0 aromatic carbocycles. The van der Waals surface area contributed by atoms with Crippen LogP contribution in [0.4, 0.5) is 0 Å². The highest BCUT2D eigenvalue weighted by molar-refractivity contribution is 7.10. The van der Waals surface area contributed by atoms with E-state index in [-0.39, 0.29) is 5.91 Å². The van der Waals surface area contributed by atoms with Gasteiger partial charge in [-0.05, 0) is 24.3 Å². The average Bonchev–Trinajstić information content (AvgIpc) is 2.70. The highest BCUT2D eigenvalue weighted by Gasteiger charge is 2.08. The number of thiophene rings is 1. The summed E-state index contributed by atoms with van der Waals surface area (Å²) in [4.78, 5) is 11.9. The van der Waals surface area contributed by atoms with Gasteiger partial charge in [0, 0.05) is 18.3 Å².